The minimum atomic E-state index is -1.01. The highest BCUT2D eigenvalue weighted by atomic mass is 32.1. The van der Waals surface area contributed by atoms with E-state index in [4.69, 9.17) is 0 Å². The number of aryl methyl sites for hydroxylation is 1. The number of imide groups is 1. The summed E-state index contributed by atoms with van der Waals surface area (Å²) in [5.41, 5.74) is 1.05. The third kappa shape index (κ3) is 4.59. The fraction of sp³-hybridized carbons (Fsp3) is 0.520. The average molecular weight is 458 g/mol. The molecule has 2 fully saturated rings. The SMILES string of the molecule is Cc1ccsc1CN1CCC([C@@]2(Cc3cccc(F)c3)NC(=O)N(CC(C)C)C2=O)CC1. The molecule has 0 spiro atoms. The van der Waals surface area contributed by atoms with Crippen LogP contribution in [0.25, 0.3) is 0 Å². The normalized spacial score (nSPS) is 22.7. The fourth-order valence-electron chi connectivity index (χ4n) is 5.04. The molecule has 7 heteroatoms. The Labute approximate surface area is 193 Å². The number of carbonyl (C=O) groups is 2. The number of likely N-dealkylation sites (tertiary alicyclic amines) is 1. The predicted octanol–water partition coefficient (Wildman–Crippen LogP) is 4.60. The molecule has 4 rings (SSSR count). The monoisotopic (exact) mass is 457 g/mol. The van der Waals surface area contributed by atoms with Gasteiger partial charge in [0, 0.05) is 24.4 Å². The molecule has 1 aromatic heterocycles. The lowest BCUT2D eigenvalue weighted by Gasteiger charge is -2.41. The lowest BCUT2D eigenvalue weighted by Crippen LogP contribution is -2.57. The number of amides is 3. The molecule has 3 heterocycles. The highest BCUT2D eigenvalue weighted by Crippen LogP contribution is 2.37. The van der Waals surface area contributed by atoms with Crippen LogP contribution in [0, 0.1) is 24.6 Å². The molecule has 32 heavy (non-hydrogen) atoms. The van der Waals surface area contributed by atoms with Crippen molar-refractivity contribution in [1.29, 1.82) is 0 Å². The second-order valence-electron chi connectivity index (χ2n) is 9.60. The van der Waals surface area contributed by atoms with Crippen LogP contribution in [0.3, 0.4) is 0 Å². The number of carbonyl (C=O) groups excluding carboxylic acids is 2. The van der Waals surface area contributed by atoms with Crippen molar-refractivity contribution in [2.45, 2.75) is 52.1 Å². The Morgan fingerprint density at radius 1 is 1.22 bits per heavy atom. The molecular weight excluding hydrogens is 425 g/mol. The van der Waals surface area contributed by atoms with Crippen LogP contribution in [0.1, 0.15) is 42.7 Å². The van der Waals surface area contributed by atoms with Crippen LogP contribution in [-0.2, 0) is 17.8 Å². The molecule has 0 bridgehead atoms. The van der Waals surface area contributed by atoms with Gasteiger partial charge in [0.2, 0.25) is 0 Å². The third-order valence-corrected chi connectivity index (χ3v) is 7.75. The van der Waals surface area contributed by atoms with E-state index >= 15 is 0 Å². The van der Waals surface area contributed by atoms with E-state index in [0.29, 0.717) is 13.0 Å². The van der Waals surface area contributed by atoms with Crippen LogP contribution in [0.2, 0.25) is 0 Å². The number of halogens is 1. The Balaban J connectivity index is 1.55. The summed E-state index contributed by atoms with van der Waals surface area (Å²) in [6.07, 6.45) is 1.96. The van der Waals surface area contributed by atoms with Crippen molar-refractivity contribution in [2.24, 2.45) is 11.8 Å². The van der Waals surface area contributed by atoms with E-state index in [9.17, 15) is 14.0 Å². The first-order valence-corrected chi connectivity index (χ1v) is 12.3. The highest BCUT2D eigenvalue weighted by molar-refractivity contribution is 7.10. The Hall–Kier alpha value is -2.25. The van der Waals surface area contributed by atoms with Gasteiger partial charge in [0.25, 0.3) is 5.91 Å². The Kier molecular flexibility index (Phi) is 6.67. The lowest BCUT2D eigenvalue weighted by molar-refractivity contribution is -0.134. The van der Waals surface area contributed by atoms with Gasteiger partial charge < -0.3 is 5.32 Å². The second-order valence-corrected chi connectivity index (χ2v) is 10.6. The van der Waals surface area contributed by atoms with Crippen molar-refractivity contribution < 1.29 is 14.0 Å². The molecule has 3 amide bonds. The highest BCUT2D eigenvalue weighted by Gasteiger charge is 2.55. The largest absolute Gasteiger partial charge is 0.325 e. The number of piperidine rings is 1. The number of nitrogens with zero attached hydrogens (tertiary/aromatic N) is 2. The number of rotatable bonds is 7. The van der Waals surface area contributed by atoms with Crippen LogP contribution in [0.15, 0.2) is 35.7 Å². The van der Waals surface area contributed by atoms with E-state index in [0.717, 1.165) is 38.0 Å². The molecule has 1 atom stereocenters. The first-order chi connectivity index (χ1) is 15.3. The molecule has 0 saturated carbocycles. The average Bonchev–Trinajstić information content (AvgIpc) is 3.25. The molecule has 0 radical (unpaired) electrons. The van der Waals surface area contributed by atoms with Crippen LogP contribution in [0.5, 0.6) is 0 Å². The summed E-state index contributed by atoms with van der Waals surface area (Å²) in [6, 6.07) is 8.21. The van der Waals surface area contributed by atoms with Gasteiger partial charge in [-0.3, -0.25) is 14.6 Å². The van der Waals surface area contributed by atoms with Gasteiger partial charge in [0.1, 0.15) is 11.4 Å². The zero-order valence-electron chi connectivity index (χ0n) is 19.1. The summed E-state index contributed by atoms with van der Waals surface area (Å²) in [5.74, 6) is -0.284. The molecule has 2 aromatic rings. The fourth-order valence-corrected chi connectivity index (χ4v) is 5.99. The number of urea groups is 1. The Morgan fingerprint density at radius 2 is 1.97 bits per heavy atom. The van der Waals surface area contributed by atoms with Crippen LogP contribution in [-0.4, -0.2) is 46.9 Å². The molecule has 0 aliphatic carbocycles. The Morgan fingerprint density at radius 3 is 2.59 bits per heavy atom. The third-order valence-electron chi connectivity index (χ3n) is 6.74. The maximum absolute atomic E-state index is 13.9. The topological polar surface area (TPSA) is 52.7 Å². The number of hydrogen-bond donors (Lipinski definition) is 1. The van der Waals surface area contributed by atoms with Crippen LogP contribution in [0.4, 0.5) is 9.18 Å². The molecule has 2 aliphatic rings. The van der Waals surface area contributed by atoms with E-state index < -0.39 is 5.54 Å². The van der Waals surface area contributed by atoms with Gasteiger partial charge in [-0.05, 0) is 79.4 Å². The minimum Gasteiger partial charge on any atom is -0.322 e. The first-order valence-electron chi connectivity index (χ1n) is 11.4. The van der Waals surface area contributed by atoms with Gasteiger partial charge in [-0.1, -0.05) is 26.0 Å². The zero-order chi connectivity index (χ0) is 22.9. The van der Waals surface area contributed by atoms with Gasteiger partial charge in [-0.25, -0.2) is 9.18 Å². The summed E-state index contributed by atoms with van der Waals surface area (Å²) in [5, 5.41) is 5.20. The molecule has 1 aromatic carbocycles. The summed E-state index contributed by atoms with van der Waals surface area (Å²) < 4.78 is 13.9. The molecule has 172 valence electrons. The Bertz CT molecular complexity index is 983. The van der Waals surface area contributed by atoms with Crippen molar-refractivity contribution in [1.82, 2.24) is 15.1 Å². The van der Waals surface area contributed by atoms with E-state index in [1.165, 1.54) is 27.5 Å². The molecule has 2 saturated heterocycles. The maximum Gasteiger partial charge on any atom is 0.325 e. The maximum atomic E-state index is 13.9. The molecule has 5 nitrogen and oxygen atoms in total. The number of nitrogens with one attached hydrogen (secondary N) is 1. The lowest BCUT2D eigenvalue weighted by atomic mass is 9.74. The summed E-state index contributed by atoms with van der Waals surface area (Å²) in [4.78, 5) is 31.7. The summed E-state index contributed by atoms with van der Waals surface area (Å²) in [6.45, 7) is 9.21. The van der Waals surface area contributed by atoms with Crippen molar-refractivity contribution in [3.63, 3.8) is 0 Å². The van der Waals surface area contributed by atoms with E-state index in [1.807, 2.05) is 19.9 Å². The summed E-state index contributed by atoms with van der Waals surface area (Å²) >= 11 is 1.78. The van der Waals surface area contributed by atoms with Gasteiger partial charge in [-0.15, -0.1) is 11.3 Å². The van der Waals surface area contributed by atoms with Crippen molar-refractivity contribution in [2.75, 3.05) is 19.6 Å². The van der Waals surface area contributed by atoms with Crippen molar-refractivity contribution in [3.8, 4) is 0 Å². The first kappa shape index (κ1) is 22.9. The summed E-state index contributed by atoms with van der Waals surface area (Å²) in [7, 11) is 0. The molecule has 0 unspecified atom stereocenters. The number of hydrogen-bond acceptors (Lipinski definition) is 4. The van der Waals surface area contributed by atoms with Gasteiger partial charge in [0.15, 0.2) is 0 Å². The van der Waals surface area contributed by atoms with Crippen molar-refractivity contribution >= 4 is 23.3 Å². The van der Waals surface area contributed by atoms with Gasteiger partial charge in [0.05, 0.1) is 0 Å². The smallest absolute Gasteiger partial charge is 0.322 e. The zero-order valence-corrected chi connectivity index (χ0v) is 19.9. The molecule has 2 aliphatic heterocycles. The predicted molar refractivity (Wildman–Crippen MR) is 125 cm³/mol. The van der Waals surface area contributed by atoms with E-state index in [1.54, 1.807) is 17.4 Å². The molecular formula is C25H32FN3O2S. The van der Waals surface area contributed by atoms with E-state index in [2.05, 4.69) is 28.6 Å². The minimum absolute atomic E-state index is 0.0139. The van der Waals surface area contributed by atoms with Gasteiger partial charge >= 0.3 is 6.03 Å². The second kappa shape index (κ2) is 9.32. The van der Waals surface area contributed by atoms with Crippen LogP contribution >= 0.6 is 11.3 Å². The number of benzene rings is 1. The van der Waals surface area contributed by atoms with Crippen molar-refractivity contribution in [3.05, 3.63) is 57.5 Å². The van der Waals surface area contributed by atoms with Gasteiger partial charge in [-0.2, -0.15) is 0 Å². The standard InChI is InChI=1S/C25H32FN3O2S/c1-17(2)15-29-23(30)25(27-24(29)31,14-19-5-4-6-21(26)13-19)20-7-10-28(11-8-20)16-22-18(3)9-12-32-22/h4-6,9,12-13,17,20H,7-8,10-11,14-16H2,1-3H3,(H,27,31)/t25-/m1/s1. The van der Waals surface area contributed by atoms with E-state index in [-0.39, 0.29) is 29.6 Å². The quantitative estimate of drug-likeness (QED) is 0.619. The molecule has 1 N–H and O–H groups in total. The number of thiophene rings is 1. The van der Waals surface area contributed by atoms with Crippen LogP contribution < -0.4 is 5.32 Å².